The van der Waals surface area contributed by atoms with Gasteiger partial charge in [0.05, 0.1) is 5.02 Å². The lowest BCUT2D eigenvalue weighted by Crippen LogP contribution is -2.32. The monoisotopic (exact) mass is 263 g/mol. The molecule has 0 heterocycles. The molecule has 0 aliphatic carbocycles. The predicted molar refractivity (Wildman–Crippen MR) is 63.2 cm³/mol. The summed E-state index contributed by atoms with van der Waals surface area (Å²) in [4.78, 5) is 10.4. The Hall–Kier alpha value is -0.780. The van der Waals surface area contributed by atoms with Crippen LogP contribution in [0.5, 0.6) is 0 Å². The summed E-state index contributed by atoms with van der Waals surface area (Å²) in [6.45, 7) is 0. The molecule has 0 aliphatic heterocycles. The second-order valence-corrected chi connectivity index (χ2v) is 4.61. The summed E-state index contributed by atoms with van der Waals surface area (Å²) in [5, 5.41) is 8.61. The van der Waals surface area contributed by atoms with E-state index in [1.165, 1.54) is 17.8 Å². The van der Waals surface area contributed by atoms with Crippen LogP contribution in [-0.4, -0.2) is 22.9 Å². The molecule has 0 saturated heterocycles. The fraction of sp³-hybridized carbons (Fsp3) is 0.300. The molecule has 0 fully saturated rings. The van der Waals surface area contributed by atoms with Crippen LogP contribution in [0.1, 0.15) is 5.56 Å². The van der Waals surface area contributed by atoms with E-state index in [1.807, 2.05) is 0 Å². The molecule has 1 atom stereocenters. The maximum atomic E-state index is 13.4. The van der Waals surface area contributed by atoms with Gasteiger partial charge in [-0.1, -0.05) is 23.7 Å². The summed E-state index contributed by atoms with van der Waals surface area (Å²) in [6, 6.07) is 3.81. The molecular formula is C10H11ClFNO2S. The van der Waals surface area contributed by atoms with Gasteiger partial charge in [0, 0.05) is 11.5 Å². The minimum Gasteiger partial charge on any atom is -0.480 e. The van der Waals surface area contributed by atoms with E-state index in [0.29, 0.717) is 11.3 Å². The van der Waals surface area contributed by atoms with Crippen LogP contribution in [0.4, 0.5) is 4.39 Å². The molecule has 0 spiro atoms. The van der Waals surface area contributed by atoms with E-state index in [1.54, 1.807) is 12.1 Å². The van der Waals surface area contributed by atoms with Crippen molar-refractivity contribution in [3.8, 4) is 0 Å². The highest BCUT2D eigenvalue weighted by atomic mass is 35.5. The minimum atomic E-state index is -1.06. The van der Waals surface area contributed by atoms with Crippen molar-refractivity contribution in [3.63, 3.8) is 0 Å². The number of carbonyl (C=O) groups is 1. The lowest BCUT2D eigenvalue weighted by molar-refractivity contribution is -0.137. The third-order valence-electron chi connectivity index (χ3n) is 1.90. The number of carboxylic acids is 1. The number of thioether (sulfide) groups is 1. The van der Waals surface area contributed by atoms with Crippen LogP contribution in [0, 0.1) is 5.82 Å². The summed E-state index contributed by atoms with van der Waals surface area (Å²) in [5.41, 5.74) is 5.76. The number of hydrogen-bond donors (Lipinski definition) is 2. The third kappa shape index (κ3) is 3.66. The molecule has 1 aromatic rings. The molecular weight excluding hydrogens is 253 g/mol. The van der Waals surface area contributed by atoms with Gasteiger partial charge in [-0.15, -0.1) is 0 Å². The normalized spacial score (nSPS) is 12.4. The van der Waals surface area contributed by atoms with Crippen molar-refractivity contribution in [1.82, 2.24) is 0 Å². The lowest BCUT2D eigenvalue weighted by Gasteiger charge is -2.07. The van der Waals surface area contributed by atoms with Crippen molar-refractivity contribution < 1.29 is 14.3 Å². The van der Waals surface area contributed by atoms with Crippen molar-refractivity contribution in [1.29, 1.82) is 0 Å². The maximum absolute atomic E-state index is 13.4. The Morgan fingerprint density at radius 2 is 2.31 bits per heavy atom. The summed E-state index contributed by atoms with van der Waals surface area (Å²) < 4.78 is 13.4. The number of carboxylic acid groups (broad SMARTS) is 1. The van der Waals surface area contributed by atoms with E-state index in [4.69, 9.17) is 22.4 Å². The quantitative estimate of drug-likeness (QED) is 0.854. The fourth-order valence-corrected chi connectivity index (χ4v) is 2.18. The van der Waals surface area contributed by atoms with Crippen LogP contribution in [-0.2, 0) is 10.5 Å². The van der Waals surface area contributed by atoms with Gasteiger partial charge in [-0.05, 0) is 11.6 Å². The smallest absolute Gasteiger partial charge is 0.321 e. The van der Waals surface area contributed by atoms with Crippen LogP contribution >= 0.6 is 23.4 Å². The zero-order valence-corrected chi connectivity index (χ0v) is 9.89. The van der Waals surface area contributed by atoms with Crippen molar-refractivity contribution in [3.05, 3.63) is 34.6 Å². The first-order chi connectivity index (χ1) is 7.52. The van der Waals surface area contributed by atoms with E-state index in [9.17, 15) is 9.18 Å². The highest BCUT2D eigenvalue weighted by molar-refractivity contribution is 7.98. The van der Waals surface area contributed by atoms with Crippen LogP contribution in [0.3, 0.4) is 0 Å². The number of benzene rings is 1. The summed E-state index contributed by atoms with van der Waals surface area (Å²) in [5.74, 6) is -0.922. The summed E-state index contributed by atoms with van der Waals surface area (Å²) in [7, 11) is 0. The predicted octanol–water partition coefficient (Wildman–Crippen LogP) is 2.12. The fourth-order valence-electron chi connectivity index (χ4n) is 1.03. The molecule has 0 saturated carbocycles. The van der Waals surface area contributed by atoms with Gasteiger partial charge < -0.3 is 10.8 Å². The summed E-state index contributed by atoms with van der Waals surface area (Å²) in [6.07, 6.45) is 0. The van der Waals surface area contributed by atoms with E-state index in [-0.39, 0.29) is 10.8 Å². The van der Waals surface area contributed by atoms with Crippen molar-refractivity contribution >= 4 is 29.3 Å². The topological polar surface area (TPSA) is 63.3 Å². The Labute approximate surface area is 102 Å². The van der Waals surface area contributed by atoms with Gasteiger partial charge in [0.25, 0.3) is 0 Å². The van der Waals surface area contributed by atoms with E-state index >= 15 is 0 Å². The molecule has 3 N–H and O–H groups in total. The standard InChI is InChI=1S/C10H11ClFNO2S/c11-7-3-1-2-6(9(7)12)4-16-5-8(13)10(14)15/h1-3,8H,4-5,13H2,(H,14,15). The van der Waals surface area contributed by atoms with Gasteiger partial charge in [-0.2, -0.15) is 11.8 Å². The van der Waals surface area contributed by atoms with Crippen LogP contribution < -0.4 is 5.73 Å². The van der Waals surface area contributed by atoms with Gasteiger partial charge in [-0.3, -0.25) is 4.79 Å². The first-order valence-corrected chi connectivity index (χ1v) is 6.04. The molecule has 1 rings (SSSR count). The Morgan fingerprint density at radius 1 is 1.62 bits per heavy atom. The molecule has 0 bridgehead atoms. The average molecular weight is 264 g/mol. The molecule has 0 aromatic heterocycles. The van der Waals surface area contributed by atoms with Crippen molar-refractivity contribution in [2.45, 2.75) is 11.8 Å². The molecule has 6 heteroatoms. The van der Waals surface area contributed by atoms with Gasteiger partial charge >= 0.3 is 5.97 Å². The second-order valence-electron chi connectivity index (χ2n) is 3.17. The number of rotatable bonds is 5. The molecule has 0 radical (unpaired) electrons. The van der Waals surface area contributed by atoms with E-state index in [2.05, 4.69) is 0 Å². The maximum Gasteiger partial charge on any atom is 0.321 e. The molecule has 88 valence electrons. The van der Waals surface area contributed by atoms with Crippen LogP contribution in [0.15, 0.2) is 18.2 Å². The molecule has 0 aliphatic rings. The van der Waals surface area contributed by atoms with Gasteiger partial charge in [0.1, 0.15) is 11.9 Å². The Kier molecular flexibility index (Phi) is 5.05. The number of aliphatic carboxylic acids is 1. The SMILES string of the molecule is NC(CSCc1cccc(Cl)c1F)C(=O)O. The summed E-state index contributed by atoms with van der Waals surface area (Å²) >= 11 is 6.86. The number of hydrogen-bond acceptors (Lipinski definition) is 3. The third-order valence-corrected chi connectivity index (χ3v) is 3.31. The lowest BCUT2D eigenvalue weighted by atomic mass is 10.2. The van der Waals surface area contributed by atoms with Gasteiger partial charge in [-0.25, -0.2) is 4.39 Å². The van der Waals surface area contributed by atoms with Crippen molar-refractivity contribution in [2.24, 2.45) is 5.73 Å². The largest absolute Gasteiger partial charge is 0.480 e. The van der Waals surface area contributed by atoms with E-state index < -0.39 is 17.8 Å². The van der Waals surface area contributed by atoms with Gasteiger partial charge in [0.2, 0.25) is 0 Å². The second kappa shape index (κ2) is 6.08. The van der Waals surface area contributed by atoms with Crippen molar-refractivity contribution in [2.75, 3.05) is 5.75 Å². The number of halogens is 2. The molecule has 1 unspecified atom stereocenters. The first-order valence-electron chi connectivity index (χ1n) is 4.51. The molecule has 3 nitrogen and oxygen atoms in total. The van der Waals surface area contributed by atoms with Crippen LogP contribution in [0.25, 0.3) is 0 Å². The Morgan fingerprint density at radius 3 is 2.94 bits per heavy atom. The average Bonchev–Trinajstić information content (AvgIpc) is 2.24. The minimum absolute atomic E-state index is 0.0700. The zero-order valence-electron chi connectivity index (χ0n) is 8.32. The Bertz CT molecular complexity index is 389. The molecule has 16 heavy (non-hydrogen) atoms. The molecule has 1 aromatic carbocycles. The first kappa shape index (κ1) is 13.3. The van der Waals surface area contributed by atoms with E-state index in [0.717, 1.165) is 0 Å². The van der Waals surface area contributed by atoms with Crippen LogP contribution in [0.2, 0.25) is 5.02 Å². The highest BCUT2D eigenvalue weighted by Crippen LogP contribution is 2.22. The Balaban J connectivity index is 2.49. The highest BCUT2D eigenvalue weighted by Gasteiger charge is 2.12. The number of nitrogens with two attached hydrogens (primary N) is 1. The van der Waals surface area contributed by atoms with Gasteiger partial charge in [0.15, 0.2) is 0 Å². The molecule has 0 amide bonds. The zero-order chi connectivity index (χ0) is 12.1.